The fourth-order valence-corrected chi connectivity index (χ4v) is 3.00. The molecule has 4 amide bonds. The Hall–Kier alpha value is -3.07. The summed E-state index contributed by atoms with van der Waals surface area (Å²) in [6, 6.07) is -4.54. The number of guanidine groups is 1. The normalized spacial score (nSPS) is 14.2. The van der Waals surface area contributed by atoms with Gasteiger partial charge < -0.3 is 44.0 Å². The Bertz CT molecular complexity index is 731. The highest BCUT2D eigenvalue weighted by Gasteiger charge is 2.28. The second-order valence-electron chi connectivity index (χ2n) is 7.20. The molecule has 4 unspecified atom stereocenters. The van der Waals surface area contributed by atoms with Gasteiger partial charge in [-0.1, -0.05) is 0 Å². The summed E-state index contributed by atoms with van der Waals surface area (Å²) < 4.78 is 0. The zero-order chi connectivity index (χ0) is 25.6. The summed E-state index contributed by atoms with van der Waals surface area (Å²) in [5.74, 6) is -3.75. The van der Waals surface area contributed by atoms with E-state index in [9.17, 15) is 29.1 Å². The molecule has 0 fully saturated rings. The third-order valence-corrected chi connectivity index (χ3v) is 4.96. The van der Waals surface area contributed by atoms with Crippen molar-refractivity contribution in [2.24, 2.45) is 27.9 Å². The van der Waals surface area contributed by atoms with Crippen LogP contribution in [0, 0.1) is 0 Å². The Balaban J connectivity index is 4.99. The number of primary amides is 1. The van der Waals surface area contributed by atoms with Crippen LogP contribution in [0.4, 0.5) is 0 Å². The molecule has 0 rings (SSSR count). The van der Waals surface area contributed by atoms with Crippen LogP contribution in [-0.2, 0) is 24.0 Å². The van der Waals surface area contributed by atoms with E-state index < -0.39 is 53.8 Å². The number of carboxylic acid groups (broad SMARTS) is 1. The SMILES string of the molecule is CSCCC(NC(=O)C(N)CC(N)=O)C(=O)NC(C)C(=O)NC(CCCN=C(N)N)C(=O)O. The number of thioether (sulfide) groups is 1. The third-order valence-electron chi connectivity index (χ3n) is 4.31. The molecule has 14 nitrogen and oxygen atoms in total. The topological polar surface area (TPSA) is 258 Å². The van der Waals surface area contributed by atoms with Crippen molar-refractivity contribution in [2.45, 2.75) is 56.8 Å². The Morgan fingerprint density at radius 1 is 0.939 bits per heavy atom. The van der Waals surface area contributed by atoms with Crippen LogP contribution in [-0.4, -0.2) is 83.4 Å². The molecule has 188 valence electrons. The van der Waals surface area contributed by atoms with Gasteiger partial charge in [0.2, 0.25) is 23.6 Å². The van der Waals surface area contributed by atoms with Crippen molar-refractivity contribution < 1.29 is 29.1 Å². The van der Waals surface area contributed by atoms with E-state index in [-0.39, 0.29) is 31.8 Å². The van der Waals surface area contributed by atoms with E-state index in [4.69, 9.17) is 22.9 Å². The standard InChI is InChI=1S/C18H34N8O6S/c1-9(14(28)26-12(17(31)32)4-3-6-23-18(21)22)24-16(30)11(5-7-33-2)25-15(29)10(19)8-13(20)27/h9-12H,3-8,19H2,1-2H3,(H2,20,27)(H,24,30)(H,25,29)(H,26,28)(H,31,32)(H4,21,22,23). The monoisotopic (exact) mass is 490 g/mol. The van der Waals surface area contributed by atoms with E-state index in [1.54, 1.807) is 0 Å². The first-order valence-electron chi connectivity index (χ1n) is 10.1. The second kappa shape index (κ2) is 15.7. The van der Waals surface area contributed by atoms with Gasteiger partial charge in [0.05, 0.1) is 12.5 Å². The molecule has 0 spiro atoms. The molecule has 0 aromatic heterocycles. The molecule has 0 aliphatic heterocycles. The molecule has 0 radical (unpaired) electrons. The van der Waals surface area contributed by atoms with E-state index in [1.807, 2.05) is 6.26 Å². The Labute approximate surface area is 196 Å². The van der Waals surface area contributed by atoms with Crippen molar-refractivity contribution in [3.8, 4) is 0 Å². The summed E-state index contributed by atoms with van der Waals surface area (Å²) in [6.45, 7) is 1.57. The molecule has 0 aliphatic rings. The van der Waals surface area contributed by atoms with Gasteiger partial charge in [0, 0.05) is 6.54 Å². The molecule has 0 aromatic rings. The number of aliphatic carboxylic acids is 1. The van der Waals surface area contributed by atoms with Gasteiger partial charge in [-0.2, -0.15) is 11.8 Å². The predicted molar refractivity (Wildman–Crippen MR) is 124 cm³/mol. The smallest absolute Gasteiger partial charge is 0.326 e. The van der Waals surface area contributed by atoms with Crippen molar-refractivity contribution in [3.63, 3.8) is 0 Å². The number of carbonyl (C=O) groups is 5. The van der Waals surface area contributed by atoms with Crippen LogP contribution in [0.25, 0.3) is 0 Å². The van der Waals surface area contributed by atoms with Crippen LogP contribution in [0.3, 0.4) is 0 Å². The van der Waals surface area contributed by atoms with Gasteiger partial charge in [0.25, 0.3) is 0 Å². The number of rotatable bonds is 16. The summed E-state index contributed by atoms with van der Waals surface area (Å²) in [7, 11) is 0. The molecular formula is C18H34N8O6S. The lowest BCUT2D eigenvalue weighted by Gasteiger charge is -2.23. The summed E-state index contributed by atoms with van der Waals surface area (Å²) in [4.78, 5) is 63.3. The van der Waals surface area contributed by atoms with Crippen LogP contribution in [0.1, 0.15) is 32.6 Å². The molecule has 0 bridgehead atoms. The molecule has 0 saturated carbocycles. The van der Waals surface area contributed by atoms with Crippen LogP contribution in [0.2, 0.25) is 0 Å². The Kier molecular flexibility index (Phi) is 14.2. The van der Waals surface area contributed by atoms with Gasteiger partial charge in [-0.05, 0) is 38.2 Å². The lowest BCUT2D eigenvalue weighted by molar-refractivity contribution is -0.142. The van der Waals surface area contributed by atoms with E-state index in [0.29, 0.717) is 12.2 Å². The summed E-state index contributed by atoms with van der Waals surface area (Å²) in [5.41, 5.74) is 21.0. The minimum Gasteiger partial charge on any atom is -0.480 e. The van der Waals surface area contributed by atoms with Crippen LogP contribution < -0.4 is 38.9 Å². The van der Waals surface area contributed by atoms with E-state index in [2.05, 4.69) is 20.9 Å². The lowest BCUT2D eigenvalue weighted by Crippen LogP contribution is -2.56. The molecular weight excluding hydrogens is 456 g/mol. The molecule has 4 atom stereocenters. The van der Waals surface area contributed by atoms with E-state index >= 15 is 0 Å². The quantitative estimate of drug-likeness (QED) is 0.0602. The van der Waals surface area contributed by atoms with Crippen molar-refractivity contribution in [1.82, 2.24) is 16.0 Å². The summed E-state index contributed by atoms with van der Waals surface area (Å²) >= 11 is 1.44. The van der Waals surface area contributed by atoms with Gasteiger partial charge in [0.1, 0.15) is 18.1 Å². The first-order chi connectivity index (χ1) is 15.4. The van der Waals surface area contributed by atoms with Crippen LogP contribution in [0.5, 0.6) is 0 Å². The minimum absolute atomic E-state index is 0.0721. The highest BCUT2D eigenvalue weighted by atomic mass is 32.2. The number of nitrogens with one attached hydrogen (secondary N) is 3. The first-order valence-corrected chi connectivity index (χ1v) is 11.5. The number of carboxylic acids is 1. The van der Waals surface area contributed by atoms with Crippen LogP contribution >= 0.6 is 11.8 Å². The zero-order valence-corrected chi connectivity index (χ0v) is 19.5. The average molecular weight is 491 g/mol. The number of amides is 4. The highest BCUT2D eigenvalue weighted by Crippen LogP contribution is 2.04. The largest absolute Gasteiger partial charge is 0.480 e. The van der Waals surface area contributed by atoms with Crippen LogP contribution in [0.15, 0.2) is 4.99 Å². The number of carbonyl (C=O) groups excluding carboxylic acids is 4. The molecule has 0 aromatic carbocycles. The second-order valence-corrected chi connectivity index (χ2v) is 8.18. The third kappa shape index (κ3) is 13.2. The fourth-order valence-electron chi connectivity index (χ4n) is 2.53. The average Bonchev–Trinajstić information content (AvgIpc) is 2.71. The maximum absolute atomic E-state index is 12.6. The van der Waals surface area contributed by atoms with Gasteiger partial charge in [-0.15, -0.1) is 0 Å². The number of hydrogen-bond acceptors (Lipinski definition) is 8. The maximum Gasteiger partial charge on any atom is 0.326 e. The molecule has 0 aliphatic carbocycles. The zero-order valence-electron chi connectivity index (χ0n) is 18.7. The number of aliphatic imine (C=N–C) groups is 1. The number of nitrogens with two attached hydrogens (primary N) is 4. The fraction of sp³-hybridized carbons (Fsp3) is 0.667. The Morgan fingerprint density at radius 3 is 2.06 bits per heavy atom. The lowest BCUT2D eigenvalue weighted by atomic mass is 10.1. The molecule has 0 saturated heterocycles. The van der Waals surface area contributed by atoms with Crippen molar-refractivity contribution in [2.75, 3.05) is 18.6 Å². The van der Waals surface area contributed by atoms with Crippen molar-refractivity contribution >= 4 is 47.3 Å². The molecule has 12 N–H and O–H groups in total. The maximum atomic E-state index is 12.6. The number of hydrogen-bond donors (Lipinski definition) is 8. The van der Waals surface area contributed by atoms with Gasteiger partial charge in [0.15, 0.2) is 5.96 Å². The molecule has 0 heterocycles. The first kappa shape index (κ1) is 29.9. The highest BCUT2D eigenvalue weighted by molar-refractivity contribution is 7.98. The Morgan fingerprint density at radius 2 is 1.55 bits per heavy atom. The number of nitrogens with zero attached hydrogens (tertiary/aromatic N) is 1. The minimum atomic E-state index is -1.25. The van der Waals surface area contributed by atoms with Gasteiger partial charge in [-0.25, -0.2) is 4.79 Å². The van der Waals surface area contributed by atoms with Gasteiger partial charge >= 0.3 is 5.97 Å². The molecule has 33 heavy (non-hydrogen) atoms. The summed E-state index contributed by atoms with van der Waals surface area (Å²) in [5, 5.41) is 16.5. The summed E-state index contributed by atoms with van der Waals surface area (Å²) in [6.07, 6.45) is 2.04. The predicted octanol–water partition coefficient (Wildman–Crippen LogP) is -3.45. The molecule has 15 heteroatoms. The van der Waals surface area contributed by atoms with E-state index in [0.717, 1.165) is 0 Å². The van der Waals surface area contributed by atoms with E-state index in [1.165, 1.54) is 18.7 Å². The van der Waals surface area contributed by atoms with Crippen molar-refractivity contribution in [1.29, 1.82) is 0 Å². The van der Waals surface area contributed by atoms with Gasteiger partial charge in [-0.3, -0.25) is 24.2 Å². The van der Waals surface area contributed by atoms with Crippen molar-refractivity contribution in [3.05, 3.63) is 0 Å².